The van der Waals surface area contributed by atoms with Crippen LogP contribution in [0.15, 0.2) is 55.2 Å². The Balaban J connectivity index is 1.46. The second-order valence-corrected chi connectivity index (χ2v) is 8.10. The number of benzene rings is 1. The summed E-state index contributed by atoms with van der Waals surface area (Å²) in [6.07, 6.45) is 1.80. The quantitative estimate of drug-likeness (QED) is 0.568. The number of carbonyl (C=O) groups excluding carboxylic acids is 2. The summed E-state index contributed by atoms with van der Waals surface area (Å²) in [5, 5.41) is 5.48. The van der Waals surface area contributed by atoms with Gasteiger partial charge in [-0.3, -0.25) is 14.5 Å². The molecule has 2 heterocycles. The second-order valence-electron chi connectivity index (χ2n) is 8.10. The molecule has 1 aliphatic rings. The predicted octanol–water partition coefficient (Wildman–Crippen LogP) is 3.87. The number of alkyl halides is 3. The molecular formula is C23H21F3N6O2. The first-order valence-electron chi connectivity index (χ1n) is 10.4. The summed E-state index contributed by atoms with van der Waals surface area (Å²) in [5.41, 5.74) is -0.846. The van der Waals surface area contributed by atoms with Crippen molar-refractivity contribution in [3.8, 4) is 0 Å². The summed E-state index contributed by atoms with van der Waals surface area (Å²) in [6.45, 7) is 1.59. The molecule has 0 saturated heterocycles. The van der Waals surface area contributed by atoms with Crippen molar-refractivity contribution in [3.05, 3.63) is 71.9 Å². The van der Waals surface area contributed by atoms with Gasteiger partial charge >= 0.3 is 6.18 Å². The molecule has 0 spiro atoms. The Morgan fingerprint density at radius 2 is 1.76 bits per heavy atom. The van der Waals surface area contributed by atoms with E-state index < -0.39 is 23.2 Å². The third kappa shape index (κ3) is 4.82. The van der Waals surface area contributed by atoms with E-state index in [4.69, 9.17) is 0 Å². The maximum atomic E-state index is 13.4. The number of nitrogens with zero attached hydrogens (tertiary/aromatic N) is 4. The van der Waals surface area contributed by atoms with Crippen molar-refractivity contribution in [2.45, 2.75) is 31.5 Å². The molecule has 176 valence electrons. The standard InChI is InChI=1S/C23H21F3N6O2/c1-14-3-5-18(17(9-14)23(24,25)26)30-16-4-6-19(29-12-16)32(2)21(34)22(7-8-22)31-20(33)15-10-27-13-28-11-15/h3-6,9-13,30H,7-8H2,1-2H3,(H,31,33). The minimum absolute atomic E-state index is 0.0957. The molecule has 34 heavy (non-hydrogen) atoms. The summed E-state index contributed by atoms with van der Waals surface area (Å²) in [7, 11) is 1.53. The Hall–Kier alpha value is -4.02. The highest BCUT2D eigenvalue weighted by atomic mass is 19.4. The number of rotatable bonds is 6. The van der Waals surface area contributed by atoms with Gasteiger partial charge in [0.25, 0.3) is 11.8 Å². The lowest BCUT2D eigenvalue weighted by Gasteiger charge is -2.24. The Morgan fingerprint density at radius 3 is 2.35 bits per heavy atom. The van der Waals surface area contributed by atoms with Crippen molar-refractivity contribution in [1.29, 1.82) is 0 Å². The highest BCUT2D eigenvalue weighted by molar-refractivity contribution is 6.06. The molecule has 0 unspecified atom stereocenters. The first kappa shape index (κ1) is 23.1. The first-order valence-corrected chi connectivity index (χ1v) is 10.4. The number of likely N-dealkylation sites (N-methyl/N-ethyl adjacent to an activating group) is 1. The highest BCUT2D eigenvalue weighted by Crippen LogP contribution is 2.39. The molecule has 3 aromatic rings. The molecular weight excluding hydrogens is 449 g/mol. The van der Waals surface area contributed by atoms with Crippen LogP contribution in [-0.2, 0) is 11.0 Å². The monoisotopic (exact) mass is 470 g/mol. The fourth-order valence-corrected chi connectivity index (χ4v) is 3.46. The fourth-order valence-electron chi connectivity index (χ4n) is 3.46. The van der Waals surface area contributed by atoms with Crippen molar-refractivity contribution in [3.63, 3.8) is 0 Å². The Morgan fingerprint density at radius 1 is 1.06 bits per heavy atom. The first-order chi connectivity index (χ1) is 16.1. The molecule has 11 heteroatoms. The zero-order valence-corrected chi connectivity index (χ0v) is 18.3. The molecule has 0 atom stereocenters. The van der Waals surface area contributed by atoms with Gasteiger partial charge in [-0.05, 0) is 44.0 Å². The lowest BCUT2D eigenvalue weighted by Crippen LogP contribution is -2.50. The van der Waals surface area contributed by atoms with E-state index in [-0.39, 0.29) is 17.2 Å². The van der Waals surface area contributed by atoms with Crippen LogP contribution in [0.25, 0.3) is 0 Å². The van der Waals surface area contributed by atoms with Gasteiger partial charge in [0.15, 0.2) is 0 Å². The minimum Gasteiger partial charge on any atom is -0.354 e. The fraction of sp³-hybridized carbons (Fsp3) is 0.261. The summed E-state index contributed by atoms with van der Waals surface area (Å²) < 4.78 is 40.1. The van der Waals surface area contributed by atoms with Crippen LogP contribution >= 0.6 is 0 Å². The van der Waals surface area contributed by atoms with Gasteiger partial charge in [-0.25, -0.2) is 15.0 Å². The van der Waals surface area contributed by atoms with Crippen molar-refractivity contribution < 1.29 is 22.8 Å². The topological polar surface area (TPSA) is 100 Å². The number of aryl methyl sites for hydroxylation is 1. The van der Waals surface area contributed by atoms with E-state index in [0.29, 0.717) is 29.9 Å². The summed E-state index contributed by atoms with van der Waals surface area (Å²) in [4.78, 5) is 38.6. The van der Waals surface area contributed by atoms with Crippen molar-refractivity contribution in [2.24, 2.45) is 0 Å². The van der Waals surface area contributed by atoms with Gasteiger partial charge in [-0.15, -0.1) is 0 Å². The highest BCUT2D eigenvalue weighted by Gasteiger charge is 2.53. The van der Waals surface area contributed by atoms with Crippen LogP contribution in [-0.4, -0.2) is 39.4 Å². The molecule has 4 rings (SSSR count). The minimum atomic E-state index is -4.51. The van der Waals surface area contributed by atoms with E-state index in [1.54, 1.807) is 13.0 Å². The molecule has 0 aliphatic heterocycles. The number of hydrogen-bond acceptors (Lipinski definition) is 6. The van der Waals surface area contributed by atoms with Crippen LogP contribution in [0.2, 0.25) is 0 Å². The smallest absolute Gasteiger partial charge is 0.354 e. The third-order valence-corrected chi connectivity index (χ3v) is 5.49. The average molecular weight is 470 g/mol. The number of pyridine rings is 1. The number of hydrogen-bond donors (Lipinski definition) is 2. The molecule has 2 amide bonds. The molecule has 2 N–H and O–H groups in total. The van der Waals surface area contributed by atoms with Crippen LogP contribution in [0, 0.1) is 6.92 Å². The number of amides is 2. The summed E-state index contributed by atoms with van der Waals surface area (Å²) >= 11 is 0. The third-order valence-electron chi connectivity index (χ3n) is 5.49. The summed E-state index contributed by atoms with van der Waals surface area (Å²) in [5.74, 6) is -0.506. The number of anilines is 3. The lowest BCUT2D eigenvalue weighted by atomic mass is 10.1. The van der Waals surface area contributed by atoms with Crippen LogP contribution < -0.4 is 15.5 Å². The van der Waals surface area contributed by atoms with Crippen LogP contribution in [0.4, 0.5) is 30.4 Å². The van der Waals surface area contributed by atoms with E-state index in [2.05, 4.69) is 25.6 Å². The van der Waals surface area contributed by atoms with Gasteiger partial charge in [0.2, 0.25) is 0 Å². The van der Waals surface area contributed by atoms with Gasteiger partial charge < -0.3 is 10.6 Å². The van der Waals surface area contributed by atoms with Gasteiger partial charge in [0.05, 0.1) is 28.7 Å². The Labute approximate surface area is 193 Å². The van der Waals surface area contributed by atoms with Gasteiger partial charge in [0, 0.05) is 19.4 Å². The van der Waals surface area contributed by atoms with Crippen molar-refractivity contribution >= 4 is 29.0 Å². The molecule has 0 bridgehead atoms. The average Bonchev–Trinajstić information content (AvgIpc) is 3.60. The van der Waals surface area contributed by atoms with E-state index >= 15 is 0 Å². The maximum absolute atomic E-state index is 13.4. The molecule has 1 aromatic carbocycles. The SMILES string of the molecule is Cc1ccc(Nc2ccc(N(C)C(=O)C3(NC(=O)c4cncnc4)CC3)nc2)c(C(F)(F)F)c1. The van der Waals surface area contributed by atoms with E-state index in [0.717, 1.165) is 6.07 Å². The maximum Gasteiger partial charge on any atom is 0.418 e. The Kier molecular flexibility index (Phi) is 5.94. The lowest BCUT2D eigenvalue weighted by molar-refractivity contribution is -0.137. The number of carbonyl (C=O) groups is 2. The predicted molar refractivity (Wildman–Crippen MR) is 119 cm³/mol. The summed E-state index contributed by atoms with van der Waals surface area (Å²) in [6, 6.07) is 7.06. The van der Waals surface area contributed by atoms with Crippen molar-refractivity contribution in [1.82, 2.24) is 20.3 Å². The Bertz CT molecular complexity index is 1210. The van der Waals surface area contributed by atoms with Crippen molar-refractivity contribution in [2.75, 3.05) is 17.3 Å². The largest absolute Gasteiger partial charge is 0.418 e. The zero-order chi connectivity index (χ0) is 24.5. The van der Waals surface area contributed by atoms with Crippen LogP contribution in [0.3, 0.4) is 0 Å². The molecule has 1 saturated carbocycles. The zero-order valence-electron chi connectivity index (χ0n) is 18.3. The molecule has 1 aliphatic carbocycles. The molecule has 2 aromatic heterocycles. The second kappa shape index (κ2) is 8.73. The molecule has 8 nitrogen and oxygen atoms in total. The van der Waals surface area contributed by atoms with Gasteiger partial charge in [-0.1, -0.05) is 11.6 Å². The van der Waals surface area contributed by atoms with E-state index in [9.17, 15) is 22.8 Å². The molecule has 0 radical (unpaired) electrons. The normalized spacial score (nSPS) is 14.3. The van der Waals surface area contributed by atoms with Gasteiger partial charge in [0.1, 0.15) is 17.7 Å². The van der Waals surface area contributed by atoms with E-state index in [1.165, 1.54) is 55.1 Å². The van der Waals surface area contributed by atoms with Crippen LogP contribution in [0.1, 0.15) is 34.3 Å². The van der Waals surface area contributed by atoms with E-state index in [1.807, 2.05) is 0 Å². The number of halogens is 3. The van der Waals surface area contributed by atoms with Gasteiger partial charge in [-0.2, -0.15) is 13.2 Å². The van der Waals surface area contributed by atoms with Crippen LogP contribution in [0.5, 0.6) is 0 Å². The molecule has 1 fully saturated rings. The number of aromatic nitrogens is 3. The number of nitrogens with one attached hydrogen (secondary N) is 2.